The van der Waals surface area contributed by atoms with E-state index in [4.69, 9.17) is 5.21 Å². The van der Waals surface area contributed by atoms with Crippen LogP contribution in [0.3, 0.4) is 0 Å². The van der Waals surface area contributed by atoms with Crippen molar-refractivity contribution in [3.05, 3.63) is 0 Å². The molecule has 12 heavy (non-hydrogen) atoms. The van der Waals surface area contributed by atoms with Crippen LogP contribution in [0.5, 0.6) is 0 Å². The van der Waals surface area contributed by atoms with E-state index in [2.05, 4.69) is 5.16 Å². The maximum Gasteiger partial charge on any atom is 0.149 e. The molecule has 0 aromatic heterocycles. The predicted molar refractivity (Wildman–Crippen MR) is 48.5 cm³/mol. The Morgan fingerprint density at radius 2 is 1.67 bits per heavy atom. The molecule has 0 saturated heterocycles. The van der Waals surface area contributed by atoms with E-state index in [0.717, 1.165) is 0 Å². The number of ketones is 1. The molecule has 0 fully saturated rings. The monoisotopic (exact) mass is 171 g/mol. The summed E-state index contributed by atoms with van der Waals surface area (Å²) >= 11 is 0. The van der Waals surface area contributed by atoms with Crippen molar-refractivity contribution in [1.29, 1.82) is 0 Å². The van der Waals surface area contributed by atoms with E-state index in [1.165, 1.54) is 6.21 Å². The fraction of sp³-hybridized carbons (Fsp3) is 0.778. The Labute approximate surface area is 73.5 Å². The second-order valence-electron chi connectivity index (χ2n) is 4.55. The summed E-state index contributed by atoms with van der Waals surface area (Å²) < 4.78 is 0. The quantitative estimate of drug-likeness (QED) is 0.393. The van der Waals surface area contributed by atoms with Gasteiger partial charge in [0, 0.05) is 5.41 Å². The van der Waals surface area contributed by atoms with Gasteiger partial charge >= 0.3 is 0 Å². The Kier molecular flexibility index (Phi) is 3.02. The zero-order chi connectivity index (χ0) is 9.99. The average molecular weight is 171 g/mol. The topological polar surface area (TPSA) is 49.7 Å². The van der Waals surface area contributed by atoms with Crippen molar-refractivity contribution in [1.82, 2.24) is 0 Å². The third-order valence-corrected chi connectivity index (χ3v) is 1.65. The lowest BCUT2D eigenvalue weighted by atomic mass is 9.75. The van der Waals surface area contributed by atoms with Gasteiger partial charge in [-0.05, 0) is 13.8 Å². The molecule has 0 atom stereocenters. The summed E-state index contributed by atoms with van der Waals surface area (Å²) in [6, 6.07) is 0. The minimum absolute atomic E-state index is 0.0628. The molecule has 3 heteroatoms. The summed E-state index contributed by atoms with van der Waals surface area (Å²) in [5.41, 5.74) is -1.09. The minimum atomic E-state index is -0.688. The van der Waals surface area contributed by atoms with Gasteiger partial charge < -0.3 is 5.21 Å². The van der Waals surface area contributed by atoms with Gasteiger partial charge in [-0.1, -0.05) is 20.8 Å². The Morgan fingerprint density at radius 3 is 1.92 bits per heavy atom. The van der Waals surface area contributed by atoms with Gasteiger partial charge in [0.05, 0.1) is 11.6 Å². The molecule has 0 aromatic carbocycles. The highest BCUT2D eigenvalue weighted by Gasteiger charge is 2.34. The van der Waals surface area contributed by atoms with Crippen molar-refractivity contribution in [3.63, 3.8) is 0 Å². The highest BCUT2D eigenvalue weighted by molar-refractivity contribution is 6.01. The van der Waals surface area contributed by atoms with E-state index < -0.39 is 10.8 Å². The molecule has 0 saturated carbocycles. The molecule has 0 aliphatic carbocycles. The molecule has 0 heterocycles. The number of carbonyl (C=O) groups excluding carboxylic acids is 1. The van der Waals surface area contributed by atoms with Crippen LogP contribution in [-0.2, 0) is 4.79 Å². The third kappa shape index (κ3) is 2.64. The predicted octanol–water partition coefficient (Wildman–Crippen LogP) is 2.09. The van der Waals surface area contributed by atoms with Gasteiger partial charge in [-0.25, -0.2) is 0 Å². The lowest BCUT2D eigenvalue weighted by Gasteiger charge is -2.26. The summed E-state index contributed by atoms with van der Waals surface area (Å²) in [5, 5.41) is 11.2. The molecule has 0 radical (unpaired) electrons. The van der Waals surface area contributed by atoms with Gasteiger partial charge in [-0.2, -0.15) is 0 Å². The Bertz CT molecular complexity index is 199. The maximum absolute atomic E-state index is 11.7. The number of hydrogen-bond donors (Lipinski definition) is 1. The number of oxime groups is 1. The van der Waals surface area contributed by atoms with Crippen LogP contribution in [0.15, 0.2) is 5.16 Å². The second-order valence-corrected chi connectivity index (χ2v) is 4.55. The molecule has 0 bridgehead atoms. The van der Waals surface area contributed by atoms with Crippen molar-refractivity contribution in [3.8, 4) is 0 Å². The van der Waals surface area contributed by atoms with Crippen molar-refractivity contribution >= 4 is 12.0 Å². The molecule has 0 amide bonds. The van der Waals surface area contributed by atoms with Crippen molar-refractivity contribution in [2.45, 2.75) is 34.6 Å². The molecule has 0 aromatic rings. The molecule has 0 aliphatic rings. The van der Waals surface area contributed by atoms with Gasteiger partial charge in [0.15, 0.2) is 0 Å². The van der Waals surface area contributed by atoms with Crippen LogP contribution in [0.1, 0.15) is 34.6 Å². The normalized spacial score (nSPS) is 13.8. The van der Waals surface area contributed by atoms with Crippen molar-refractivity contribution in [2.24, 2.45) is 16.0 Å². The van der Waals surface area contributed by atoms with Crippen LogP contribution < -0.4 is 0 Å². The fourth-order valence-electron chi connectivity index (χ4n) is 1.17. The maximum atomic E-state index is 11.7. The SMILES string of the molecule is CC(C)(C)C(=O)C(C)(C)/C=N/O. The van der Waals surface area contributed by atoms with Gasteiger partial charge in [-0.15, -0.1) is 5.16 Å². The molecule has 0 unspecified atom stereocenters. The number of carbonyl (C=O) groups is 1. The van der Waals surface area contributed by atoms with Crippen molar-refractivity contribution < 1.29 is 10.0 Å². The first-order valence-corrected chi connectivity index (χ1v) is 3.95. The highest BCUT2D eigenvalue weighted by atomic mass is 16.4. The molecular weight excluding hydrogens is 154 g/mol. The summed E-state index contributed by atoms with van der Waals surface area (Å²) in [6.45, 7) is 9.02. The van der Waals surface area contributed by atoms with E-state index >= 15 is 0 Å². The average Bonchev–Trinajstić information content (AvgIpc) is 1.84. The van der Waals surface area contributed by atoms with E-state index in [1.54, 1.807) is 13.8 Å². The number of nitrogens with zero attached hydrogens (tertiary/aromatic N) is 1. The first-order valence-electron chi connectivity index (χ1n) is 3.95. The second kappa shape index (κ2) is 3.25. The highest BCUT2D eigenvalue weighted by Crippen LogP contribution is 2.27. The van der Waals surface area contributed by atoms with Crippen molar-refractivity contribution in [2.75, 3.05) is 0 Å². The standard InChI is InChI=1S/C9H17NO2/c1-8(2,3)7(11)9(4,5)6-10-12/h6,12H,1-5H3/b10-6+. The van der Waals surface area contributed by atoms with Crippen LogP contribution in [0.25, 0.3) is 0 Å². The summed E-state index contributed by atoms with van der Waals surface area (Å²) in [5.74, 6) is 0.0628. The van der Waals surface area contributed by atoms with E-state index in [1.807, 2.05) is 20.8 Å². The van der Waals surface area contributed by atoms with Crippen LogP contribution in [-0.4, -0.2) is 17.2 Å². The smallest absolute Gasteiger partial charge is 0.149 e. The Morgan fingerprint density at radius 1 is 1.25 bits per heavy atom. The summed E-state index contributed by atoms with van der Waals surface area (Å²) in [6.07, 6.45) is 1.26. The van der Waals surface area contributed by atoms with Gasteiger partial charge in [-0.3, -0.25) is 4.79 Å². The van der Waals surface area contributed by atoms with Gasteiger partial charge in [0.1, 0.15) is 5.78 Å². The molecule has 3 nitrogen and oxygen atoms in total. The molecule has 0 aliphatic heterocycles. The molecule has 1 N–H and O–H groups in total. The lowest BCUT2D eigenvalue weighted by molar-refractivity contribution is -0.131. The van der Waals surface area contributed by atoms with Crippen LogP contribution in [0, 0.1) is 10.8 Å². The van der Waals surface area contributed by atoms with Crippen LogP contribution >= 0.6 is 0 Å². The lowest BCUT2D eigenvalue weighted by Crippen LogP contribution is -2.36. The zero-order valence-corrected chi connectivity index (χ0v) is 8.38. The molecule has 70 valence electrons. The fourth-order valence-corrected chi connectivity index (χ4v) is 1.17. The van der Waals surface area contributed by atoms with E-state index in [0.29, 0.717) is 0 Å². The Hall–Kier alpha value is -0.860. The van der Waals surface area contributed by atoms with Gasteiger partial charge in [0.25, 0.3) is 0 Å². The number of Topliss-reactive ketones (excluding diaryl/α,β-unsaturated/α-hetero) is 1. The summed E-state index contributed by atoms with van der Waals surface area (Å²) in [4.78, 5) is 11.7. The molecule has 0 spiro atoms. The Balaban J connectivity index is 4.70. The van der Waals surface area contributed by atoms with Gasteiger partial charge in [0.2, 0.25) is 0 Å². The van der Waals surface area contributed by atoms with Crippen LogP contribution in [0.4, 0.5) is 0 Å². The van der Waals surface area contributed by atoms with E-state index in [9.17, 15) is 4.79 Å². The number of hydrogen-bond acceptors (Lipinski definition) is 3. The number of rotatable bonds is 2. The first-order chi connectivity index (χ1) is 5.22. The molecular formula is C9H17NO2. The third-order valence-electron chi connectivity index (χ3n) is 1.65. The van der Waals surface area contributed by atoms with Crippen LogP contribution in [0.2, 0.25) is 0 Å². The summed E-state index contributed by atoms with van der Waals surface area (Å²) in [7, 11) is 0. The van der Waals surface area contributed by atoms with E-state index in [-0.39, 0.29) is 5.78 Å². The zero-order valence-electron chi connectivity index (χ0n) is 8.38. The largest absolute Gasteiger partial charge is 0.411 e. The molecule has 0 rings (SSSR count). The first kappa shape index (κ1) is 11.1. The minimum Gasteiger partial charge on any atom is -0.411 e.